The largest absolute Gasteiger partial charge is 0.309 e. The van der Waals surface area contributed by atoms with E-state index in [1.165, 1.54) is 111 Å². The second-order valence-corrected chi connectivity index (χ2v) is 24.4. The van der Waals surface area contributed by atoms with Crippen molar-refractivity contribution in [2.24, 2.45) is 0 Å². The predicted molar refractivity (Wildman–Crippen MR) is 359 cm³/mol. The van der Waals surface area contributed by atoms with Crippen molar-refractivity contribution in [3.05, 3.63) is 259 Å². The number of fused-ring (bicyclic) bond motifs is 6. The number of hydrogen-bond acceptors (Lipinski definition) is 2. The van der Waals surface area contributed by atoms with Gasteiger partial charge in [-0.05, 0) is 281 Å². The zero-order chi connectivity index (χ0) is 59.4. The third kappa shape index (κ3) is 9.13. The molecule has 0 aliphatic rings. The van der Waals surface area contributed by atoms with Gasteiger partial charge in [0.2, 0.25) is 0 Å². The smallest absolute Gasteiger partial charge is 0.0998 e. The molecule has 13 rings (SSSR count). The molecule has 412 valence electrons. The summed E-state index contributed by atoms with van der Waals surface area (Å²) in [5.74, 6) is 0. The van der Waals surface area contributed by atoms with Crippen LogP contribution in [0.1, 0.15) is 83.5 Å². The van der Waals surface area contributed by atoms with Crippen molar-refractivity contribution < 1.29 is 0 Å². The van der Waals surface area contributed by atoms with E-state index in [-0.39, 0.29) is 0 Å². The summed E-state index contributed by atoms with van der Waals surface area (Å²) < 4.78 is 4.82. The summed E-state index contributed by atoms with van der Waals surface area (Å²) in [6.07, 6.45) is 0. The summed E-state index contributed by atoms with van der Waals surface area (Å²) >= 11 is 0. The first-order chi connectivity index (χ1) is 40.9. The molecule has 0 aliphatic carbocycles. The molecule has 0 bridgehead atoms. The highest BCUT2D eigenvalue weighted by molar-refractivity contribution is 6.14. The van der Waals surface area contributed by atoms with Crippen LogP contribution in [0.25, 0.3) is 122 Å². The Bertz CT molecular complexity index is 4790. The van der Waals surface area contributed by atoms with E-state index in [2.05, 4.69) is 268 Å². The molecule has 85 heavy (non-hydrogen) atoms. The lowest BCUT2D eigenvalue weighted by Crippen LogP contribution is -2.01. The quantitative estimate of drug-likeness (QED) is 0.152. The molecule has 0 saturated carbocycles. The number of aryl methyl sites for hydroxylation is 13. The van der Waals surface area contributed by atoms with Gasteiger partial charge >= 0.3 is 0 Å². The van der Waals surface area contributed by atoms with E-state index >= 15 is 0 Å². The van der Waals surface area contributed by atoms with Gasteiger partial charge in [0.05, 0.1) is 51.0 Å². The summed E-state index contributed by atoms with van der Waals surface area (Å²) in [4.78, 5) is 0. The summed E-state index contributed by atoms with van der Waals surface area (Å²) in [5.41, 5.74) is 36.6. The Morgan fingerprint density at radius 1 is 0.271 bits per heavy atom. The van der Waals surface area contributed by atoms with E-state index in [0.29, 0.717) is 11.1 Å². The van der Waals surface area contributed by atoms with E-state index in [0.717, 1.165) is 82.8 Å². The van der Waals surface area contributed by atoms with Crippen LogP contribution < -0.4 is 0 Å². The highest BCUT2D eigenvalue weighted by Crippen LogP contribution is 2.47. The Morgan fingerprint density at radius 2 is 0.635 bits per heavy atom. The zero-order valence-electron chi connectivity index (χ0n) is 51.0. The first kappa shape index (κ1) is 54.3. The zero-order valence-corrected chi connectivity index (χ0v) is 51.0. The van der Waals surface area contributed by atoms with Crippen molar-refractivity contribution in [2.75, 3.05) is 0 Å². The fourth-order valence-electron chi connectivity index (χ4n) is 14.9. The van der Waals surface area contributed by atoms with Gasteiger partial charge in [-0.25, -0.2) is 0 Å². The Kier molecular flexibility index (Phi) is 13.2. The number of nitriles is 2. The molecule has 2 aromatic heterocycles. The van der Waals surface area contributed by atoms with Crippen LogP contribution in [0.5, 0.6) is 0 Å². The average Bonchev–Trinajstić information content (AvgIpc) is 2.23. The predicted octanol–water partition coefficient (Wildman–Crippen LogP) is 21.6. The van der Waals surface area contributed by atoms with Gasteiger partial charge in [-0.3, -0.25) is 0 Å². The number of hydrogen-bond donors (Lipinski definition) is 0. The number of nitrogens with zero attached hydrogens (tertiary/aromatic N) is 4. The Labute approximate surface area is 500 Å². The number of aromatic nitrogens is 2. The van der Waals surface area contributed by atoms with Crippen molar-refractivity contribution in [3.8, 4) is 90.3 Å². The molecule has 13 aromatic rings. The van der Waals surface area contributed by atoms with Gasteiger partial charge in [0.25, 0.3) is 0 Å². The maximum atomic E-state index is 10.9. The first-order valence-electron chi connectivity index (χ1n) is 29.6. The molecule has 0 atom stereocenters. The van der Waals surface area contributed by atoms with Gasteiger partial charge in [-0.15, -0.1) is 0 Å². The van der Waals surface area contributed by atoms with Crippen molar-refractivity contribution in [1.29, 1.82) is 10.5 Å². The van der Waals surface area contributed by atoms with Crippen LogP contribution in [0.2, 0.25) is 0 Å². The second kappa shape index (κ2) is 20.7. The van der Waals surface area contributed by atoms with Crippen LogP contribution in [0.15, 0.2) is 176 Å². The Balaban J connectivity index is 1.11. The standard InChI is InChI=1S/C81H68N4/c1-45-14-21-65(63(36-45)44-83)66-22-20-64(84-73-24-16-59(78-50(6)28-46(2)29-51(78)7)38-69(73)70-39-60(17-25-74(70)84)79-52(8)30-47(3)31-53(79)9)42-67(66)68-37-58(43-82)15-23-75(68)85-76-26-18-61(80-54(10)32-48(4)33-55(80)11)40-71(76)72-41-62(19-27-77(72)85)81-56(12)34-49(5)35-57(81)13/h14-42H,1-13H3. The van der Waals surface area contributed by atoms with Gasteiger partial charge in [0.1, 0.15) is 0 Å². The lowest BCUT2D eigenvalue weighted by Gasteiger charge is -2.20. The van der Waals surface area contributed by atoms with Gasteiger partial charge in [-0.2, -0.15) is 10.5 Å². The Morgan fingerprint density at radius 3 is 1.00 bits per heavy atom. The molecule has 0 radical (unpaired) electrons. The normalized spacial score (nSPS) is 11.6. The van der Waals surface area contributed by atoms with Gasteiger partial charge in [0, 0.05) is 38.4 Å². The highest BCUT2D eigenvalue weighted by Gasteiger charge is 2.25. The van der Waals surface area contributed by atoms with E-state index in [4.69, 9.17) is 0 Å². The molecule has 11 aromatic carbocycles. The monoisotopic (exact) mass is 1100 g/mol. The third-order valence-electron chi connectivity index (χ3n) is 17.9. The topological polar surface area (TPSA) is 57.4 Å². The van der Waals surface area contributed by atoms with Crippen molar-refractivity contribution in [3.63, 3.8) is 0 Å². The minimum atomic E-state index is 0.542. The SMILES string of the molecule is Cc1cc(C)c(-c2ccc3c(c2)c2cc(-c4c(C)cc(C)cc4C)ccc2n3-c2ccc(-c3ccc(C)cc3C#N)c(-c3cc(C#N)ccc3-n3c4ccc(-c5c(C)cc(C)cc5C)cc4c4cc(-c5c(C)cc(C)cc5C)ccc43)c2)c(C)c1. The molecule has 4 heteroatoms. The van der Waals surface area contributed by atoms with E-state index in [1.54, 1.807) is 0 Å². The van der Waals surface area contributed by atoms with Gasteiger partial charge < -0.3 is 9.13 Å². The van der Waals surface area contributed by atoms with E-state index < -0.39 is 0 Å². The molecule has 0 aliphatic heterocycles. The van der Waals surface area contributed by atoms with Crippen LogP contribution >= 0.6 is 0 Å². The second-order valence-electron chi connectivity index (χ2n) is 24.4. The third-order valence-corrected chi connectivity index (χ3v) is 17.9. The average molecular weight is 1100 g/mol. The number of rotatable bonds is 8. The van der Waals surface area contributed by atoms with E-state index in [9.17, 15) is 10.5 Å². The van der Waals surface area contributed by atoms with Crippen LogP contribution in [0.4, 0.5) is 0 Å². The molecule has 2 heterocycles. The molecule has 0 amide bonds. The molecular weight excluding hydrogens is 1030 g/mol. The van der Waals surface area contributed by atoms with Crippen molar-refractivity contribution >= 4 is 43.6 Å². The van der Waals surface area contributed by atoms with Gasteiger partial charge in [0.15, 0.2) is 0 Å². The van der Waals surface area contributed by atoms with Gasteiger partial charge in [-0.1, -0.05) is 113 Å². The minimum Gasteiger partial charge on any atom is -0.309 e. The van der Waals surface area contributed by atoms with Crippen molar-refractivity contribution in [1.82, 2.24) is 9.13 Å². The van der Waals surface area contributed by atoms with Crippen LogP contribution in [-0.4, -0.2) is 9.13 Å². The summed E-state index contributed by atoms with van der Waals surface area (Å²) in [5, 5.41) is 26.5. The minimum absolute atomic E-state index is 0.542. The van der Waals surface area contributed by atoms with E-state index in [1.807, 2.05) is 19.1 Å². The highest BCUT2D eigenvalue weighted by atomic mass is 15.0. The van der Waals surface area contributed by atoms with Crippen LogP contribution in [-0.2, 0) is 0 Å². The molecule has 0 unspecified atom stereocenters. The summed E-state index contributed by atoms with van der Waals surface area (Å²) in [6.45, 7) is 28.5. The molecular formula is C81H68N4. The van der Waals surface area contributed by atoms with Crippen LogP contribution in [0, 0.1) is 113 Å². The molecule has 4 nitrogen and oxygen atoms in total. The first-order valence-corrected chi connectivity index (χ1v) is 29.6. The fraction of sp³-hybridized carbons (Fsp3) is 0.160. The van der Waals surface area contributed by atoms with Crippen molar-refractivity contribution in [2.45, 2.75) is 90.0 Å². The molecule has 0 saturated heterocycles. The fourth-order valence-corrected chi connectivity index (χ4v) is 14.9. The molecule has 0 N–H and O–H groups in total. The maximum Gasteiger partial charge on any atom is 0.0998 e. The molecule has 0 fully saturated rings. The lowest BCUT2D eigenvalue weighted by atomic mass is 9.89. The lowest BCUT2D eigenvalue weighted by molar-refractivity contribution is 1.17. The van der Waals surface area contributed by atoms with Crippen LogP contribution in [0.3, 0.4) is 0 Å². The maximum absolute atomic E-state index is 10.9. The number of benzene rings is 11. The summed E-state index contributed by atoms with van der Waals surface area (Å²) in [7, 11) is 0. The summed E-state index contributed by atoms with van der Waals surface area (Å²) in [6, 6.07) is 70.3. The Hall–Kier alpha value is -10.0. The molecule has 0 spiro atoms.